The number of carbonyl (C=O) groups excluding carboxylic acids is 2. The molecule has 0 unspecified atom stereocenters. The highest BCUT2D eigenvalue weighted by Crippen LogP contribution is 2.17. The van der Waals surface area contributed by atoms with Gasteiger partial charge in [0.05, 0.1) is 13.1 Å². The van der Waals surface area contributed by atoms with E-state index in [1.165, 1.54) is 12.1 Å². The van der Waals surface area contributed by atoms with Crippen LogP contribution in [0.5, 0.6) is 0 Å². The first-order valence-electron chi connectivity index (χ1n) is 5.92. The Hall–Kier alpha value is -2.19. The zero-order chi connectivity index (χ0) is 13.8. The van der Waals surface area contributed by atoms with E-state index in [1.807, 2.05) is 0 Å². The number of nitrogens with zero attached hydrogens (tertiary/aromatic N) is 1. The maximum absolute atomic E-state index is 13.4. The van der Waals surface area contributed by atoms with Crippen molar-refractivity contribution < 1.29 is 14.0 Å². The lowest BCUT2D eigenvalue weighted by Crippen LogP contribution is -2.28. The quantitative estimate of drug-likeness (QED) is 0.631. The number of rotatable bonds is 2. The summed E-state index contributed by atoms with van der Waals surface area (Å²) in [7, 11) is 0. The molecule has 0 bridgehead atoms. The van der Waals surface area contributed by atoms with Crippen molar-refractivity contribution in [3.8, 4) is 11.8 Å². The third-order valence-electron chi connectivity index (χ3n) is 2.79. The van der Waals surface area contributed by atoms with Crippen LogP contribution in [0, 0.1) is 17.7 Å². The van der Waals surface area contributed by atoms with E-state index < -0.39 is 5.82 Å². The van der Waals surface area contributed by atoms with Crippen molar-refractivity contribution in [2.24, 2.45) is 5.73 Å². The molecule has 1 aromatic rings. The highest BCUT2D eigenvalue weighted by atomic mass is 19.1. The molecule has 0 saturated carbocycles. The van der Waals surface area contributed by atoms with Gasteiger partial charge in [-0.2, -0.15) is 0 Å². The number of benzene rings is 1. The highest BCUT2D eigenvalue weighted by molar-refractivity contribution is 6.01. The van der Waals surface area contributed by atoms with E-state index in [9.17, 15) is 14.0 Å². The Morgan fingerprint density at radius 3 is 2.53 bits per heavy atom. The number of hydrogen-bond acceptors (Lipinski definition) is 3. The monoisotopic (exact) mass is 260 g/mol. The Morgan fingerprint density at radius 2 is 1.89 bits per heavy atom. The van der Waals surface area contributed by atoms with Crippen molar-refractivity contribution >= 4 is 11.8 Å². The number of amides is 2. The van der Waals surface area contributed by atoms with Gasteiger partial charge in [-0.25, -0.2) is 4.39 Å². The number of carbonyl (C=O) groups is 2. The van der Waals surface area contributed by atoms with Crippen molar-refractivity contribution in [2.45, 2.75) is 19.4 Å². The summed E-state index contributed by atoms with van der Waals surface area (Å²) in [5.41, 5.74) is 6.29. The third-order valence-corrected chi connectivity index (χ3v) is 2.79. The first-order valence-corrected chi connectivity index (χ1v) is 5.92. The minimum atomic E-state index is -0.446. The third kappa shape index (κ3) is 3.18. The SMILES string of the molecule is NCC#Cc1cc(F)cc(CN2C(=O)CCC2=O)c1. The van der Waals surface area contributed by atoms with Gasteiger partial charge in [-0.05, 0) is 23.8 Å². The minimum Gasteiger partial charge on any atom is -0.320 e. The molecule has 0 aliphatic carbocycles. The van der Waals surface area contributed by atoms with E-state index in [0.717, 1.165) is 4.90 Å². The molecule has 0 spiro atoms. The topological polar surface area (TPSA) is 63.4 Å². The fourth-order valence-corrected chi connectivity index (χ4v) is 1.95. The molecule has 0 atom stereocenters. The number of halogens is 1. The van der Waals surface area contributed by atoms with Crippen LogP contribution in [0.25, 0.3) is 0 Å². The summed E-state index contributed by atoms with van der Waals surface area (Å²) >= 11 is 0. The zero-order valence-electron chi connectivity index (χ0n) is 10.3. The first kappa shape index (κ1) is 13.2. The average molecular weight is 260 g/mol. The lowest BCUT2D eigenvalue weighted by Gasteiger charge is -2.13. The molecule has 0 radical (unpaired) electrons. The molecular weight excluding hydrogens is 247 g/mol. The van der Waals surface area contributed by atoms with Crippen LogP contribution in [0.15, 0.2) is 18.2 Å². The molecule has 1 saturated heterocycles. The Morgan fingerprint density at radius 1 is 1.21 bits per heavy atom. The van der Waals surface area contributed by atoms with Gasteiger partial charge in [-0.1, -0.05) is 11.8 Å². The van der Waals surface area contributed by atoms with Crippen LogP contribution >= 0.6 is 0 Å². The van der Waals surface area contributed by atoms with Crippen LogP contribution in [-0.2, 0) is 16.1 Å². The summed E-state index contributed by atoms with van der Waals surface area (Å²) in [5, 5.41) is 0. The van der Waals surface area contributed by atoms with E-state index in [1.54, 1.807) is 6.07 Å². The summed E-state index contributed by atoms with van der Waals surface area (Å²) < 4.78 is 13.4. The maximum atomic E-state index is 13.4. The van der Waals surface area contributed by atoms with Crippen molar-refractivity contribution in [1.82, 2.24) is 4.90 Å². The maximum Gasteiger partial charge on any atom is 0.229 e. The zero-order valence-corrected chi connectivity index (χ0v) is 10.3. The van der Waals surface area contributed by atoms with Crippen molar-refractivity contribution in [1.29, 1.82) is 0 Å². The molecule has 1 fully saturated rings. The van der Waals surface area contributed by atoms with Gasteiger partial charge < -0.3 is 5.73 Å². The number of hydrogen-bond donors (Lipinski definition) is 1. The molecule has 1 aromatic carbocycles. The summed E-state index contributed by atoms with van der Waals surface area (Å²) in [6.45, 7) is 0.279. The van der Waals surface area contributed by atoms with Crippen LogP contribution in [-0.4, -0.2) is 23.3 Å². The fourth-order valence-electron chi connectivity index (χ4n) is 1.95. The largest absolute Gasteiger partial charge is 0.320 e. The summed E-state index contributed by atoms with van der Waals surface area (Å²) in [5.74, 6) is 4.48. The number of imide groups is 1. The van der Waals surface area contributed by atoms with Crippen molar-refractivity contribution in [3.05, 3.63) is 35.1 Å². The molecule has 2 amide bonds. The molecule has 5 heteroatoms. The second-order valence-electron chi connectivity index (χ2n) is 4.23. The van der Waals surface area contributed by atoms with Gasteiger partial charge in [0, 0.05) is 18.4 Å². The van der Waals surface area contributed by atoms with Gasteiger partial charge in [0.15, 0.2) is 0 Å². The lowest BCUT2D eigenvalue weighted by atomic mass is 10.1. The van der Waals surface area contributed by atoms with Gasteiger partial charge in [0.1, 0.15) is 5.82 Å². The summed E-state index contributed by atoms with van der Waals surface area (Å²) in [4.78, 5) is 24.1. The molecule has 98 valence electrons. The standard InChI is InChI=1S/C14H13FN2O2/c15-12-7-10(2-1-5-16)6-11(8-12)9-17-13(18)3-4-14(17)19/h6-8H,3-5,9,16H2. The van der Waals surface area contributed by atoms with Gasteiger partial charge in [0.25, 0.3) is 0 Å². The molecule has 2 rings (SSSR count). The summed E-state index contributed by atoms with van der Waals surface area (Å²) in [6, 6.07) is 4.25. The van der Waals surface area contributed by atoms with E-state index in [0.29, 0.717) is 11.1 Å². The Labute approximate surface area is 110 Å². The van der Waals surface area contributed by atoms with Gasteiger partial charge in [0.2, 0.25) is 11.8 Å². The Bertz CT molecular complexity index is 571. The Kier molecular flexibility index (Phi) is 3.93. The van der Waals surface area contributed by atoms with Crippen LogP contribution in [0.3, 0.4) is 0 Å². The molecule has 19 heavy (non-hydrogen) atoms. The summed E-state index contributed by atoms with van der Waals surface area (Å²) in [6.07, 6.45) is 0.460. The van der Waals surface area contributed by atoms with Gasteiger partial charge in [-0.3, -0.25) is 14.5 Å². The fraction of sp³-hybridized carbons (Fsp3) is 0.286. The van der Waals surface area contributed by atoms with E-state index in [-0.39, 0.29) is 37.7 Å². The molecule has 4 nitrogen and oxygen atoms in total. The van der Waals surface area contributed by atoms with Gasteiger partial charge >= 0.3 is 0 Å². The molecule has 0 aromatic heterocycles. The van der Waals surface area contributed by atoms with E-state index in [2.05, 4.69) is 11.8 Å². The predicted octanol–water partition coefficient (Wildman–Crippen LogP) is 0.785. The van der Waals surface area contributed by atoms with Crippen LogP contribution in [0.2, 0.25) is 0 Å². The normalized spacial score (nSPS) is 14.5. The molecule has 1 aliphatic rings. The smallest absolute Gasteiger partial charge is 0.229 e. The lowest BCUT2D eigenvalue weighted by molar-refractivity contribution is -0.139. The number of likely N-dealkylation sites (tertiary alicyclic amines) is 1. The minimum absolute atomic E-state index is 0.0900. The molecule has 1 heterocycles. The average Bonchev–Trinajstić information content (AvgIpc) is 2.67. The van der Waals surface area contributed by atoms with Gasteiger partial charge in [-0.15, -0.1) is 0 Å². The first-order chi connectivity index (χ1) is 9.10. The van der Waals surface area contributed by atoms with Crippen molar-refractivity contribution in [2.75, 3.05) is 6.54 Å². The number of nitrogens with two attached hydrogens (primary N) is 1. The van der Waals surface area contributed by atoms with Crippen LogP contribution in [0.1, 0.15) is 24.0 Å². The van der Waals surface area contributed by atoms with Crippen LogP contribution < -0.4 is 5.73 Å². The van der Waals surface area contributed by atoms with Crippen molar-refractivity contribution in [3.63, 3.8) is 0 Å². The molecule has 2 N–H and O–H groups in total. The van der Waals surface area contributed by atoms with E-state index in [4.69, 9.17) is 5.73 Å². The second-order valence-corrected chi connectivity index (χ2v) is 4.23. The second kappa shape index (κ2) is 5.63. The van der Waals surface area contributed by atoms with E-state index >= 15 is 0 Å². The predicted molar refractivity (Wildman–Crippen MR) is 67.1 cm³/mol. The van der Waals surface area contributed by atoms with Crippen LogP contribution in [0.4, 0.5) is 4.39 Å². The molecular formula is C14H13FN2O2. The Balaban J connectivity index is 2.22. The molecule has 1 aliphatic heterocycles. The highest BCUT2D eigenvalue weighted by Gasteiger charge is 2.28.